The Morgan fingerprint density at radius 3 is 2.30 bits per heavy atom. The number of rotatable bonds is 2. The number of nitriles is 3. The summed E-state index contributed by atoms with van der Waals surface area (Å²) in [6, 6.07) is 5.56. The van der Waals surface area contributed by atoms with Crippen LogP contribution >= 0.6 is 0 Å². The lowest BCUT2D eigenvalue weighted by atomic mass is 9.59. The smallest absolute Gasteiger partial charge is 0.169 e. The van der Waals surface area contributed by atoms with E-state index in [2.05, 4.69) is 0 Å². The number of aldehydes is 1. The van der Waals surface area contributed by atoms with Crippen molar-refractivity contribution < 1.29 is 9.59 Å². The molecule has 6 heteroatoms. The molecular weight excluding hydrogens is 256 g/mol. The molecule has 2 rings (SSSR count). The first kappa shape index (κ1) is 13.9. The van der Waals surface area contributed by atoms with Crippen molar-refractivity contribution in [1.82, 2.24) is 0 Å². The molecule has 100 valence electrons. The zero-order valence-corrected chi connectivity index (χ0v) is 10.7. The van der Waals surface area contributed by atoms with E-state index < -0.39 is 22.7 Å². The molecule has 1 unspecified atom stereocenters. The Balaban J connectivity index is 2.70. The first-order chi connectivity index (χ1) is 9.52. The highest BCUT2D eigenvalue weighted by molar-refractivity contribution is 6.07. The fraction of sp³-hybridized carbons (Fsp3) is 0.571. The van der Waals surface area contributed by atoms with Crippen molar-refractivity contribution in [2.24, 2.45) is 22.7 Å². The van der Waals surface area contributed by atoms with Crippen LogP contribution in [-0.4, -0.2) is 17.8 Å². The lowest BCUT2D eigenvalue weighted by Gasteiger charge is -2.34. The van der Waals surface area contributed by atoms with Gasteiger partial charge in [0.15, 0.2) is 5.41 Å². The average molecular weight is 268 g/mol. The molecule has 0 aromatic rings. The number of nitrogens with zero attached hydrogens (tertiary/aromatic N) is 3. The van der Waals surface area contributed by atoms with Gasteiger partial charge in [-0.05, 0) is 19.3 Å². The second kappa shape index (κ2) is 4.54. The summed E-state index contributed by atoms with van der Waals surface area (Å²) in [6.45, 7) is 0. The summed E-state index contributed by atoms with van der Waals surface area (Å²) >= 11 is 0. The van der Waals surface area contributed by atoms with Crippen LogP contribution < -0.4 is 0 Å². The zero-order chi connectivity index (χ0) is 15.0. The summed E-state index contributed by atoms with van der Waals surface area (Å²) < 4.78 is 0. The van der Waals surface area contributed by atoms with Crippen LogP contribution in [0.4, 0.5) is 0 Å². The SMILES string of the molecule is N#CC1(C#N)CC(C=O)C(=N)[C@]1(C#N)[C@H]1CCCC1=O. The van der Waals surface area contributed by atoms with Gasteiger partial charge in [-0.15, -0.1) is 0 Å². The Hall–Kier alpha value is -2.52. The lowest BCUT2D eigenvalue weighted by Crippen LogP contribution is -2.47. The number of carbonyl (C=O) groups is 2. The quantitative estimate of drug-likeness (QED) is 0.750. The van der Waals surface area contributed by atoms with Gasteiger partial charge < -0.3 is 10.2 Å². The summed E-state index contributed by atoms with van der Waals surface area (Å²) in [4.78, 5) is 23.1. The van der Waals surface area contributed by atoms with Crippen LogP contribution in [0.25, 0.3) is 0 Å². The van der Waals surface area contributed by atoms with Gasteiger partial charge in [-0.1, -0.05) is 0 Å². The second-order valence-electron chi connectivity index (χ2n) is 5.32. The molecule has 2 aliphatic carbocycles. The minimum absolute atomic E-state index is 0.181. The van der Waals surface area contributed by atoms with Crippen LogP contribution in [0.5, 0.6) is 0 Å². The number of hydrogen-bond donors (Lipinski definition) is 1. The number of hydrogen-bond acceptors (Lipinski definition) is 6. The number of ketones is 1. The fourth-order valence-electron chi connectivity index (χ4n) is 3.52. The van der Waals surface area contributed by atoms with Crippen LogP contribution in [0.1, 0.15) is 25.7 Å². The van der Waals surface area contributed by atoms with Crippen molar-refractivity contribution in [2.45, 2.75) is 25.7 Å². The van der Waals surface area contributed by atoms with Gasteiger partial charge in [0.25, 0.3) is 0 Å². The van der Waals surface area contributed by atoms with Crippen molar-refractivity contribution in [1.29, 1.82) is 21.2 Å². The minimum atomic E-state index is -1.80. The van der Waals surface area contributed by atoms with Crippen LogP contribution in [-0.2, 0) is 9.59 Å². The van der Waals surface area contributed by atoms with E-state index in [0.29, 0.717) is 25.5 Å². The van der Waals surface area contributed by atoms with Crippen molar-refractivity contribution in [3.8, 4) is 18.2 Å². The van der Waals surface area contributed by atoms with Gasteiger partial charge in [-0.2, -0.15) is 15.8 Å². The minimum Gasteiger partial charge on any atom is -0.307 e. The molecule has 2 aliphatic rings. The molecular formula is C14H12N4O2. The third-order valence-electron chi connectivity index (χ3n) is 4.54. The van der Waals surface area contributed by atoms with Gasteiger partial charge >= 0.3 is 0 Å². The van der Waals surface area contributed by atoms with Crippen LogP contribution in [0.3, 0.4) is 0 Å². The van der Waals surface area contributed by atoms with Gasteiger partial charge in [-0.25, -0.2) is 0 Å². The topological polar surface area (TPSA) is 129 Å². The summed E-state index contributed by atoms with van der Waals surface area (Å²) in [5.41, 5.74) is -3.83. The highest BCUT2D eigenvalue weighted by Crippen LogP contribution is 2.58. The molecule has 0 aromatic carbocycles. The molecule has 0 saturated heterocycles. The Bertz CT molecular complexity index is 605. The molecule has 0 bridgehead atoms. The second-order valence-corrected chi connectivity index (χ2v) is 5.32. The predicted molar refractivity (Wildman–Crippen MR) is 66.0 cm³/mol. The maximum atomic E-state index is 12.0. The van der Waals surface area contributed by atoms with E-state index >= 15 is 0 Å². The average Bonchev–Trinajstić information content (AvgIpc) is 2.99. The summed E-state index contributed by atoms with van der Waals surface area (Å²) in [5, 5.41) is 36.6. The van der Waals surface area contributed by atoms with Crippen LogP contribution in [0.2, 0.25) is 0 Å². The number of Topliss-reactive ketones (excluding diaryl/α,β-unsaturated/α-hetero) is 1. The Morgan fingerprint density at radius 1 is 1.25 bits per heavy atom. The van der Waals surface area contributed by atoms with Gasteiger partial charge in [0.2, 0.25) is 0 Å². The number of nitrogens with one attached hydrogen (secondary N) is 1. The van der Waals surface area contributed by atoms with E-state index in [0.717, 1.165) is 0 Å². The standard InChI is InChI=1S/C14H12N4O2/c15-6-13(7-16)4-9(5-19)12(18)14(13,8-17)10-2-1-3-11(10)20/h5,9-10,18H,1-4H2/t9?,10-,14-/m0/s1. The van der Waals surface area contributed by atoms with E-state index in [9.17, 15) is 25.4 Å². The van der Waals surface area contributed by atoms with Gasteiger partial charge in [0.1, 0.15) is 17.5 Å². The largest absolute Gasteiger partial charge is 0.307 e. The predicted octanol–water partition coefficient (Wildman–Crippen LogP) is 1.14. The summed E-state index contributed by atoms with van der Waals surface area (Å²) in [6.07, 6.45) is 1.56. The molecule has 0 spiro atoms. The summed E-state index contributed by atoms with van der Waals surface area (Å²) in [7, 11) is 0. The molecule has 2 fully saturated rings. The molecule has 0 heterocycles. The Kier molecular flexibility index (Phi) is 3.16. The van der Waals surface area contributed by atoms with Gasteiger partial charge in [0, 0.05) is 18.1 Å². The van der Waals surface area contributed by atoms with Crippen molar-refractivity contribution in [3.63, 3.8) is 0 Å². The van der Waals surface area contributed by atoms with E-state index in [1.54, 1.807) is 0 Å². The van der Waals surface area contributed by atoms with E-state index in [4.69, 9.17) is 5.41 Å². The maximum Gasteiger partial charge on any atom is 0.169 e. The molecule has 0 amide bonds. The Morgan fingerprint density at radius 2 is 1.90 bits per heavy atom. The first-order valence-electron chi connectivity index (χ1n) is 6.33. The van der Waals surface area contributed by atoms with Crippen molar-refractivity contribution in [3.05, 3.63) is 0 Å². The molecule has 0 aliphatic heterocycles. The molecule has 0 radical (unpaired) electrons. The molecule has 2 saturated carbocycles. The maximum absolute atomic E-state index is 12.0. The van der Waals surface area contributed by atoms with Crippen molar-refractivity contribution in [2.75, 3.05) is 0 Å². The molecule has 3 atom stereocenters. The van der Waals surface area contributed by atoms with Crippen molar-refractivity contribution >= 4 is 17.8 Å². The van der Waals surface area contributed by atoms with Crippen LogP contribution in [0.15, 0.2) is 0 Å². The fourth-order valence-corrected chi connectivity index (χ4v) is 3.52. The molecule has 20 heavy (non-hydrogen) atoms. The van der Waals surface area contributed by atoms with Gasteiger partial charge in [0.05, 0.1) is 24.1 Å². The summed E-state index contributed by atoms with van der Waals surface area (Å²) in [5.74, 6) is -1.97. The monoisotopic (exact) mass is 268 g/mol. The third kappa shape index (κ3) is 1.38. The van der Waals surface area contributed by atoms with E-state index in [-0.39, 0.29) is 17.9 Å². The highest BCUT2D eigenvalue weighted by Gasteiger charge is 2.69. The highest BCUT2D eigenvalue weighted by atomic mass is 16.1. The lowest BCUT2D eigenvalue weighted by molar-refractivity contribution is -0.123. The third-order valence-corrected chi connectivity index (χ3v) is 4.54. The first-order valence-corrected chi connectivity index (χ1v) is 6.33. The van der Waals surface area contributed by atoms with Crippen LogP contribution in [0, 0.1) is 62.1 Å². The van der Waals surface area contributed by atoms with Gasteiger partial charge in [-0.3, -0.25) is 4.79 Å². The molecule has 1 N–H and O–H groups in total. The number of carbonyl (C=O) groups excluding carboxylic acids is 2. The molecule has 0 aromatic heterocycles. The normalized spacial score (nSPS) is 35.0. The zero-order valence-electron chi connectivity index (χ0n) is 10.7. The Labute approximate surface area is 116 Å². The van der Waals surface area contributed by atoms with E-state index in [1.165, 1.54) is 0 Å². The van der Waals surface area contributed by atoms with E-state index in [1.807, 2.05) is 18.2 Å². The molecule has 6 nitrogen and oxygen atoms in total.